The Morgan fingerprint density at radius 2 is 1.67 bits per heavy atom. The van der Waals surface area contributed by atoms with Crippen LogP contribution in [0.2, 0.25) is 0 Å². The first-order valence-corrected chi connectivity index (χ1v) is 7.98. The Morgan fingerprint density at radius 3 is 2.22 bits per heavy atom. The second-order valence-corrected chi connectivity index (χ2v) is 7.03. The number of amides is 1. The molecule has 1 aliphatic rings. The highest BCUT2D eigenvalue weighted by Gasteiger charge is 2.21. The number of benzene rings is 1. The Labute approximate surface area is 129 Å². The van der Waals surface area contributed by atoms with Crippen LogP contribution in [0.3, 0.4) is 0 Å². The number of halogens is 3. The molecule has 1 amide bonds. The highest BCUT2D eigenvalue weighted by Crippen LogP contribution is 2.24. The molecule has 0 atom stereocenters. The molecule has 5 heteroatoms. The van der Waals surface area contributed by atoms with Gasteiger partial charge in [-0.25, -0.2) is 0 Å². The average Bonchev–Trinajstić information content (AvgIpc) is 2.31. The smallest absolute Gasteiger partial charge is 0.251 e. The Hall–Kier alpha value is -0.0600. The number of hydrogen-bond donors (Lipinski definition) is 1. The number of alkyl halides is 1. The zero-order valence-corrected chi connectivity index (χ0v) is 13.7. The van der Waals surface area contributed by atoms with Crippen molar-refractivity contribution in [3.05, 3.63) is 32.7 Å². The topological polar surface area (TPSA) is 29.1 Å². The summed E-state index contributed by atoms with van der Waals surface area (Å²) in [5, 5.41) is 3.35. The molecule has 0 radical (unpaired) electrons. The maximum absolute atomic E-state index is 12.1. The largest absolute Gasteiger partial charge is 0.349 e. The van der Waals surface area contributed by atoms with Crippen molar-refractivity contribution in [3.8, 4) is 0 Å². The summed E-state index contributed by atoms with van der Waals surface area (Å²) in [6.45, 7) is 0. The Morgan fingerprint density at radius 1 is 1.11 bits per heavy atom. The number of carbonyl (C=O) groups is 1. The van der Waals surface area contributed by atoms with Gasteiger partial charge < -0.3 is 5.32 Å². The molecule has 0 saturated heterocycles. The van der Waals surface area contributed by atoms with E-state index in [1.54, 1.807) is 0 Å². The summed E-state index contributed by atoms with van der Waals surface area (Å²) in [6.07, 6.45) is 3.90. The van der Waals surface area contributed by atoms with Crippen molar-refractivity contribution in [3.63, 3.8) is 0 Å². The first-order chi connectivity index (χ1) is 8.54. The molecule has 1 fully saturated rings. The minimum absolute atomic E-state index is 0.0185. The molecule has 2 rings (SSSR count). The van der Waals surface area contributed by atoms with Gasteiger partial charge in [0.1, 0.15) is 0 Å². The van der Waals surface area contributed by atoms with E-state index >= 15 is 0 Å². The number of nitrogens with one attached hydrogen (secondary N) is 1. The molecule has 2 nitrogen and oxygen atoms in total. The highest BCUT2D eigenvalue weighted by molar-refractivity contribution is 9.11. The third kappa shape index (κ3) is 3.97. The van der Waals surface area contributed by atoms with Crippen LogP contribution < -0.4 is 5.32 Å². The van der Waals surface area contributed by atoms with Crippen molar-refractivity contribution in [1.82, 2.24) is 5.32 Å². The summed E-state index contributed by atoms with van der Waals surface area (Å²) in [5.41, 5.74) is 0.671. The van der Waals surface area contributed by atoms with Crippen LogP contribution in [0.1, 0.15) is 36.0 Å². The normalized spacial score (nSPS) is 23.7. The fourth-order valence-electron chi connectivity index (χ4n) is 2.15. The Kier molecular flexibility index (Phi) is 5.10. The van der Waals surface area contributed by atoms with Crippen LogP contribution in [0.4, 0.5) is 0 Å². The minimum atomic E-state index is -0.0185. The molecule has 98 valence electrons. The SMILES string of the molecule is O=C(NC1CCC(Cl)CC1)c1cc(Br)cc(Br)c1. The van der Waals surface area contributed by atoms with Gasteiger partial charge in [-0.2, -0.15) is 0 Å². The van der Waals surface area contributed by atoms with Crippen LogP contribution in [0.5, 0.6) is 0 Å². The third-order valence-corrected chi connectivity index (χ3v) is 4.47. The summed E-state index contributed by atoms with van der Waals surface area (Å²) >= 11 is 12.8. The van der Waals surface area contributed by atoms with Gasteiger partial charge in [0.15, 0.2) is 0 Å². The highest BCUT2D eigenvalue weighted by atomic mass is 79.9. The average molecular weight is 396 g/mol. The Balaban J connectivity index is 1.99. The first-order valence-electron chi connectivity index (χ1n) is 5.95. The maximum Gasteiger partial charge on any atom is 0.251 e. The van der Waals surface area contributed by atoms with E-state index in [0.717, 1.165) is 34.6 Å². The lowest BCUT2D eigenvalue weighted by Crippen LogP contribution is -2.37. The zero-order chi connectivity index (χ0) is 13.1. The molecule has 1 aliphatic carbocycles. The van der Waals surface area contributed by atoms with Gasteiger partial charge in [-0.1, -0.05) is 31.9 Å². The lowest BCUT2D eigenvalue weighted by Gasteiger charge is -2.25. The van der Waals surface area contributed by atoms with Gasteiger partial charge in [-0.15, -0.1) is 11.6 Å². The van der Waals surface area contributed by atoms with Crippen LogP contribution in [-0.2, 0) is 0 Å². The van der Waals surface area contributed by atoms with Gasteiger partial charge in [-0.05, 0) is 43.9 Å². The molecule has 1 N–H and O–H groups in total. The molecule has 1 aromatic rings. The van der Waals surface area contributed by atoms with E-state index in [4.69, 9.17) is 11.6 Å². The summed E-state index contributed by atoms with van der Waals surface area (Å²) < 4.78 is 1.79. The van der Waals surface area contributed by atoms with Gasteiger partial charge in [0.05, 0.1) is 0 Å². The van der Waals surface area contributed by atoms with Crippen molar-refractivity contribution in [2.45, 2.75) is 37.1 Å². The molecule has 1 saturated carbocycles. The summed E-state index contributed by atoms with van der Waals surface area (Å²) in [4.78, 5) is 12.1. The van der Waals surface area contributed by atoms with Gasteiger partial charge in [0.2, 0.25) is 0 Å². The molecule has 0 aromatic heterocycles. The van der Waals surface area contributed by atoms with Gasteiger partial charge >= 0.3 is 0 Å². The standard InChI is InChI=1S/C13H14Br2ClNO/c14-9-5-8(6-10(15)7-9)13(18)17-12-3-1-11(16)2-4-12/h5-7,11-12H,1-4H2,(H,17,18). The lowest BCUT2D eigenvalue weighted by molar-refractivity contribution is 0.0928. The number of hydrogen-bond acceptors (Lipinski definition) is 1. The van der Waals surface area contributed by atoms with E-state index in [1.807, 2.05) is 18.2 Å². The first kappa shape index (κ1) is 14.4. The van der Waals surface area contributed by atoms with Crippen molar-refractivity contribution in [2.75, 3.05) is 0 Å². The van der Waals surface area contributed by atoms with E-state index in [2.05, 4.69) is 37.2 Å². The maximum atomic E-state index is 12.1. The lowest BCUT2D eigenvalue weighted by atomic mass is 9.95. The molecule has 18 heavy (non-hydrogen) atoms. The van der Waals surface area contributed by atoms with Gasteiger partial charge in [0, 0.05) is 25.9 Å². The van der Waals surface area contributed by atoms with Crippen molar-refractivity contribution < 1.29 is 4.79 Å². The van der Waals surface area contributed by atoms with E-state index < -0.39 is 0 Å². The van der Waals surface area contributed by atoms with E-state index in [0.29, 0.717) is 5.56 Å². The van der Waals surface area contributed by atoms with Gasteiger partial charge in [-0.3, -0.25) is 4.79 Å². The van der Waals surface area contributed by atoms with Crippen molar-refractivity contribution in [2.24, 2.45) is 0 Å². The third-order valence-electron chi connectivity index (χ3n) is 3.12. The zero-order valence-electron chi connectivity index (χ0n) is 9.76. The molecule has 0 heterocycles. The quantitative estimate of drug-likeness (QED) is 0.735. The van der Waals surface area contributed by atoms with Crippen LogP contribution in [0, 0.1) is 0 Å². The molecular formula is C13H14Br2ClNO. The number of carbonyl (C=O) groups excluding carboxylic acids is 1. The predicted octanol–water partition coefficient (Wildman–Crippen LogP) is 4.49. The second kappa shape index (κ2) is 6.40. The van der Waals surface area contributed by atoms with Gasteiger partial charge in [0.25, 0.3) is 5.91 Å². The molecule has 0 aliphatic heterocycles. The van der Waals surface area contributed by atoms with E-state index in [1.165, 1.54) is 0 Å². The predicted molar refractivity (Wildman–Crippen MR) is 81.2 cm³/mol. The monoisotopic (exact) mass is 393 g/mol. The molecule has 0 spiro atoms. The minimum Gasteiger partial charge on any atom is -0.349 e. The molecule has 1 aromatic carbocycles. The fraction of sp³-hybridized carbons (Fsp3) is 0.462. The van der Waals surface area contributed by atoms with Crippen molar-refractivity contribution >= 4 is 49.4 Å². The molecular weight excluding hydrogens is 381 g/mol. The fourth-order valence-corrected chi connectivity index (χ4v) is 3.70. The van der Waals surface area contributed by atoms with E-state index in [9.17, 15) is 4.79 Å². The molecule has 0 unspecified atom stereocenters. The van der Waals surface area contributed by atoms with Crippen LogP contribution in [-0.4, -0.2) is 17.3 Å². The van der Waals surface area contributed by atoms with Crippen LogP contribution >= 0.6 is 43.5 Å². The van der Waals surface area contributed by atoms with Crippen molar-refractivity contribution in [1.29, 1.82) is 0 Å². The van der Waals surface area contributed by atoms with Crippen LogP contribution in [0.15, 0.2) is 27.1 Å². The summed E-state index contributed by atoms with van der Waals surface area (Å²) in [5.74, 6) is -0.0185. The summed E-state index contributed by atoms with van der Waals surface area (Å²) in [7, 11) is 0. The Bertz CT molecular complexity index is 424. The van der Waals surface area contributed by atoms with E-state index in [-0.39, 0.29) is 17.3 Å². The number of rotatable bonds is 2. The molecule has 0 bridgehead atoms. The second-order valence-electron chi connectivity index (χ2n) is 4.58. The summed E-state index contributed by atoms with van der Waals surface area (Å²) in [6, 6.07) is 5.82. The van der Waals surface area contributed by atoms with Crippen LogP contribution in [0.25, 0.3) is 0 Å².